The second kappa shape index (κ2) is 4.24. The van der Waals surface area contributed by atoms with Crippen molar-refractivity contribution in [1.29, 1.82) is 5.26 Å². The highest BCUT2D eigenvalue weighted by molar-refractivity contribution is 5.78. The lowest BCUT2D eigenvalue weighted by molar-refractivity contribution is -0.132. The van der Waals surface area contributed by atoms with Crippen LogP contribution in [0.4, 0.5) is 0 Å². The minimum Gasteiger partial charge on any atom is -0.391 e. The number of nitriles is 1. The molecule has 1 saturated heterocycles. The highest BCUT2D eigenvalue weighted by atomic mass is 16.3. The molecule has 1 fully saturated rings. The number of aliphatic hydroxyl groups excluding tert-OH is 1. The third kappa shape index (κ3) is 2.19. The van der Waals surface area contributed by atoms with Gasteiger partial charge in [-0.2, -0.15) is 5.26 Å². The van der Waals surface area contributed by atoms with Gasteiger partial charge in [-0.15, -0.1) is 0 Å². The summed E-state index contributed by atoms with van der Waals surface area (Å²) in [5.74, 6) is -0.161. The number of nitrogens with zero attached hydrogens (tertiary/aromatic N) is 2. The van der Waals surface area contributed by atoms with E-state index in [1.807, 2.05) is 6.07 Å². The van der Waals surface area contributed by atoms with Gasteiger partial charge < -0.3 is 10.0 Å². The van der Waals surface area contributed by atoms with Crippen molar-refractivity contribution in [1.82, 2.24) is 4.90 Å². The topological polar surface area (TPSA) is 64.3 Å². The molecule has 0 bridgehead atoms. The minimum atomic E-state index is -0.495. The summed E-state index contributed by atoms with van der Waals surface area (Å²) < 4.78 is 0. The van der Waals surface area contributed by atoms with Gasteiger partial charge in [0.05, 0.1) is 18.2 Å². The zero-order chi connectivity index (χ0) is 9.84. The van der Waals surface area contributed by atoms with Crippen LogP contribution in [0.25, 0.3) is 0 Å². The number of amides is 1. The summed E-state index contributed by atoms with van der Waals surface area (Å²) in [4.78, 5) is 13.0. The number of aliphatic hydroxyl groups is 1. The van der Waals surface area contributed by atoms with E-state index in [0.717, 1.165) is 12.8 Å². The van der Waals surface area contributed by atoms with Crippen molar-refractivity contribution < 1.29 is 9.90 Å². The fourth-order valence-corrected chi connectivity index (χ4v) is 1.77. The average molecular weight is 182 g/mol. The van der Waals surface area contributed by atoms with E-state index < -0.39 is 6.10 Å². The summed E-state index contributed by atoms with van der Waals surface area (Å²) >= 11 is 0. The summed E-state index contributed by atoms with van der Waals surface area (Å²) in [6.07, 6.45) is 1.19. The zero-order valence-corrected chi connectivity index (χ0v) is 7.73. The monoisotopic (exact) mass is 182 g/mol. The van der Waals surface area contributed by atoms with Gasteiger partial charge >= 0.3 is 0 Å². The molecule has 1 N–H and O–H groups in total. The van der Waals surface area contributed by atoms with Crippen LogP contribution in [-0.2, 0) is 4.79 Å². The van der Waals surface area contributed by atoms with Crippen LogP contribution in [0.15, 0.2) is 0 Å². The van der Waals surface area contributed by atoms with Gasteiger partial charge in [0.15, 0.2) is 0 Å². The van der Waals surface area contributed by atoms with Crippen LogP contribution in [0, 0.1) is 11.3 Å². The van der Waals surface area contributed by atoms with Crippen molar-refractivity contribution in [3.8, 4) is 6.07 Å². The van der Waals surface area contributed by atoms with E-state index in [9.17, 15) is 9.90 Å². The lowest BCUT2D eigenvalue weighted by atomic mass is 10.1. The van der Waals surface area contributed by atoms with E-state index in [1.165, 1.54) is 0 Å². The van der Waals surface area contributed by atoms with Crippen molar-refractivity contribution in [2.24, 2.45) is 0 Å². The molecule has 1 aliphatic rings. The van der Waals surface area contributed by atoms with Crippen molar-refractivity contribution in [3.63, 3.8) is 0 Å². The molecule has 1 aliphatic heterocycles. The maximum Gasteiger partial charge on any atom is 0.237 e. The number of rotatable bonds is 2. The summed E-state index contributed by atoms with van der Waals surface area (Å²) in [6.45, 7) is 2.36. The normalized spacial score (nSPS) is 24.1. The molecule has 0 aromatic carbocycles. The van der Waals surface area contributed by atoms with Gasteiger partial charge in [-0.25, -0.2) is 0 Å². The van der Waals surface area contributed by atoms with Gasteiger partial charge in [-0.1, -0.05) is 0 Å². The van der Waals surface area contributed by atoms with Crippen molar-refractivity contribution in [2.45, 2.75) is 38.3 Å². The van der Waals surface area contributed by atoms with E-state index in [0.29, 0.717) is 6.54 Å². The molecule has 13 heavy (non-hydrogen) atoms. The number of hydrogen-bond donors (Lipinski definition) is 1. The van der Waals surface area contributed by atoms with Crippen molar-refractivity contribution in [3.05, 3.63) is 0 Å². The molecule has 0 aromatic rings. The third-order valence-electron chi connectivity index (χ3n) is 2.41. The molecule has 0 saturated carbocycles. The Hall–Kier alpha value is -1.08. The third-order valence-corrected chi connectivity index (χ3v) is 2.41. The van der Waals surface area contributed by atoms with Crippen molar-refractivity contribution in [2.75, 3.05) is 6.54 Å². The fourth-order valence-electron chi connectivity index (χ4n) is 1.77. The largest absolute Gasteiger partial charge is 0.391 e. The lowest BCUT2D eigenvalue weighted by Crippen LogP contribution is -2.41. The highest BCUT2D eigenvalue weighted by Gasteiger charge is 2.31. The van der Waals surface area contributed by atoms with Gasteiger partial charge in [0.1, 0.15) is 6.42 Å². The first kappa shape index (κ1) is 10.0. The quantitative estimate of drug-likeness (QED) is 0.666. The SMILES string of the molecule is C[C@H](O)[C@@H]1CCCN1C(=O)CC#N. The van der Waals surface area contributed by atoms with Crippen LogP contribution in [-0.4, -0.2) is 34.6 Å². The van der Waals surface area contributed by atoms with Crippen LogP contribution >= 0.6 is 0 Å². The molecule has 72 valence electrons. The molecule has 2 atom stereocenters. The average Bonchev–Trinajstić information content (AvgIpc) is 2.52. The minimum absolute atomic E-state index is 0.0801. The Balaban J connectivity index is 2.58. The van der Waals surface area contributed by atoms with Gasteiger partial charge in [-0.05, 0) is 19.8 Å². The number of carbonyl (C=O) groups is 1. The van der Waals surface area contributed by atoms with Crippen LogP contribution in [0.2, 0.25) is 0 Å². The van der Waals surface area contributed by atoms with Crippen molar-refractivity contribution >= 4 is 5.91 Å². The molecule has 0 aliphatic carbocycles. The Morgan fingerprint density at radius 1 is 1.85 bits per heavy atom. The fraction of sp³-hybridized carbons (Fsp3) is 0.778. The Kier molecular flexibility index (Phi) is 3.26. The van der Waals surface area contributed by atoms with E-state index in [-0.39, 0.29) is 18.4 Å². The number of carbonyl (C=O) groups excluding carboxylic acids is 1. The van der Waals surface area contributed by atoms with Crippen LogP contribution < -0.4 is 0 Å². The predicted octanol–water partition coefficient (Wildman–Crippen LogP) is 0.272. The molecule has 0 radical (unpaired) electrons. The summed E-state index contributed by atoms with van der Waals surface area (Å²) in [6, 6.07) is 1.75. The van der Waals surface area contributed by atoms with Crippen LogP contribution in [0.3, 0.4) is 0 Å². The van der Waals surface area contributed by atoms with Crippen LogP contribution in [0.5, 0.6) is 0 Å². The molecule has 4 heteroatoms. The molecular formula is C9H14N2O2. The Morgan fingerprint density at radius 3 is 3.08 bits per heavy atom. The van der Waals surface area contributed by atoms with E-state index >= 15 is 0 Å². The van der Waals surface area contributed by atoms with Gasteiger partial charge in [0.25, 0.3) is 0 Å². The first-order valence-electron chi connectivity index (χ1n) is 4.51. The van der Waals surface area contributed by atoms with Gasteiger partial charge in [0.2, 0.25) is 5.91 Å². The maximum atomic E-state index is 11.4. The number of likely N-dealkylation sites (tertiary alicyclic amines) is 1. The predicted molar refractivity (Wildman–Crippen MR) is 46.6 cm³/mol. The first-order chi connectivity index (χ1) is 6.16. The Morgan fingerprint density at radius 2 is 2.54 bits per heavy atom. The van der Waals surface area contributed by atoms with Gasteiger partial charge in [0, 0.05) is 6.54 Å². The Labute approximate surface area is 77.8 Å². The molecule has 4 nitrogen and oxygen atoms in total. The maximum absolute atomic E-state index is 11.4. The number of hydrogen-bond acceptors (Lipinski definition) is 3. The molecule has 0 spiro atoms. The standard InChI is InChI=1S/C9H14N2O2/c1-7(12)8-3-2-6-11(8)9(13)4-5-10/h7-8,12H,2-4,6H2,1H3/t7-,8-/m0/s1. The summed E-state index contributed by atoms with van der Waals surface area (Å²) in [7, 11) is 0. The van der Waals surface area contributed by atoms with Crippen LogP contribution in [0.1, 0.15) is 26.2 Å². The molecule has 1 rings (SSSR count). The lowest BCUT2D eigenvalue weighted by Gasteiger charge is -2.25. The molecule has 0 unspecified atom stereocenters. The van der Waals surface area contributed by atoms with E-state index in [4.69, 9.17) is 5.26 Å². The second-order valence-electron chi connectivity index (χ2n) is 3.37. The van der Waals surface area contributed by atoms with Gasteiger partial charge in [-0.3, -0.25) is 4.79 Å². The highest BCUT2D eigenvalue weighted by Crippen LogP contribution is 2.20. The molecular weight excluding hydrogens is 168 g/mol. The molecule has 1 amide bonds. The zero-order valence-electron chi connectivity index (χ0n) is 7.73. The first-order valence-corrected chi connectivity index (χ1v) is 4.51. The van der Waals surface area contributed by atoms with E-state index in [2.05, 4.69) is 0 Å². The second-order valence-corrected chi connectivity index (χ2v) is 3.37. The summed E-state index contributed by atoms with van der Waals surface area (Å²) in [5.41, 5.74) is 0. The molecule has 0 aromatic heterocycles. The van der Waals surface area contributed by atoms with E-state index in [1.54, 1.807) is 11.8 Å². The smallest absolute Gasteiger partial charge is 0.237 e. The Bertz CT molecular complexity index is 232. The molecule has 1 heterocycles. The summed E-state index contributed by atoms with van der Waals surface area (Å²) in [5, 5.41) is 17.7.